The van der Waals surface area contributed by atoms with Gasteiger partial charge in [-0.1, -0.05) is 118 Å². The van der Waals surface area contributed by atoms with E-state index in [1.165, 1.54) is 26.4 Å². The van der Waals surface area contributed by atoms with E-state index in [1.54, 1.807) is 30.9 Å². The number of Topliss-reactive ketones (excluding diaryl/α,β-unsaturated/α-hetero) is 2. The number of aliphatic carboxylic acids is 1. The Morgan fingerprint density at radius 1 is 0.831 bits per heavy atom. The first-order valence-corrected chi connectivity index (χ1v) is 22.6. The topological polar surface area (TPSA) is 134 Å². The maximum Gasteiger partial charge on any atom is 0.307 e. The van der Waals surface area contributed by atoms with E-state index in [9.17, 15) is 29.1 Å². The van der Waals surface area contributed by atoms with Gasteiger partial charge in [0.15, 0.2) is 5.78 Å². The Labute approximate surface area is 357 Å². The smallest absolute Gasteiger partial charge is 0.307 e. The molecule has 1 saturated heterocycles. The average molecular weight is 828 g/mol. The van der Waals surface area contributed by atoms with Gasteiger partial charge in [-0.15, -0.1) is 0 Å². The molecule has 0 saturated carbocycles. The van der Waals surface area contributed by atoms with Crippen molar-refractivity contribution in [1.29, 1.82) is 0 Å². The summed E-state index contributed by atoms with van der Waals surface area (Å²) in [5.41, 5.74) is 0.853. The second-order valence-electron chi connectivity index (χ2n) is 18.1. The van der Waals surface area contributed by atoms with E-state index in [2.05, 4.69) is 39.5 Å². The van der Waals surface area contributed by atoms with Crippen molar-refractivity contribution < 1.29 is 38.6 Å². The van der Waals surface area contributed by atoms with Gasteiger partial charge in [0.25, 0.3) is 0 Å². The number of carbonyl (C=O) groups excluding carboxylic acids is 4. The molecule has 1 heterocycles. The number of rotatable bonds is 29. The fourth-order valence-electron chi connectivity index (χ4n) is 9.35. The molecule has 1 aromatic rings. The molecule has 2 rings (SSSR count). The Morgan fingerprint density at radius 2 is 1.47 bits per heavy atom. The van der Waals surface area contributed by atoms with Crippen LogP contribution in [0.1, 0.15) is 132 Å². The predicted octanol–water partition coefficient (Wildman–Crippen LogP) is 7.97. The van der Waals surface area contributed by atoms with Crippen LogP contribution in [0.4, 0.5) is 0 Å². The molecule has 1 N–H and O–H groups in total. The quantitative estimate of drug-likeness (QED) is 0.0799. The molecule has 1 aliphatic heterocycles. The molecule has 0 aromatic heterocycles. The molecule has 9 atom stereocenters. The first-order chi connectivity index (χ1) is 27.9. The van der Waals surface area contributed by atoms with Crippen LogP contribution < -0.4 is 0 Å². The normalized spacial score (nSPS) is 18.6. The summed E-state index contributed by atoms with van der Waals surface area (Å²) in [6.45, 7) is 17.6. The van der Waals surface area contributed by atoms with Gasteiger partial charge in [0.05, 0.1) is 42.7 Å². The molecule has 0 spiro atoms. The lowest BCUT2D eigenvalue weighted by molar-refractivity contribution is -0.149. The number of unbranched alkanes of at least 4 members (excludes halogenated alkanes) is 4. The van der Waals surface area contributed by atoms with Crippen molar-refractivity contribution in [1.82, 2.24) is 14.7 Å². The third-order valence-electron chi connectivity index (χ3n) is 13.1. The summed E-state index contributed by atoms with van der Waals surface area (Å²) in [4.78, 5) is 74.5. The Balaban J connectivity index is 2.25. The van der Waals surface area contributed by atoms with Gasteiger partial charge >= 0.3 is 5.97 Å². The van der Waals surface area contributed by atoms with Crippen LogP contribution in [0.25, 0.3) is 0 Å². The van der Waals surface area contributed by atoms with Gasteiger partial charge < -0.3 is 24.4 Å². The summed E-state index contributed by atoms with van der Waals surface area (Å²) >= 11 is 0. The number of hydrogen-bond acceptors (Lipinski definition) is 8. The van der Waals surface area contributed by atoms with Gasteiger partial charge in [0, 0.05) is 52.5 Å². The summed E-state index contributed by atoms with van der Waals surface area (Å²) in [5, 5.41) is 9.98. The fraction of sp³-hybridized carbons (Fsp3) is 0.771. The highest BCUT2D eigenvalue weighted by Gasteiger charge is 2.43. The number of carboxylic acid groups (broad SMARTS) is 1. The molecule has 1 aromatic carbocycles. The van der Waals surface area contributed by atoms with Crippen LogP contribution in [0.3, 0.4) is 0 Å². The number of likely N-dealkylation sites (tertiary alicyclic amines) is 1. The highest BCUT2D eigenvalue weighted by molar-refractivity contribution is 5.90. The maximum absolute atomic E-state index is 14.5. The van der Waals surface area contributed by atoms with E-state index < -0.39 is 42.0 Å². The van der Waals surface area contributed by atoms with Crippen LogP contribution in [-0.2, 0) is 39.9 Å². The van der Waals surface area contributed by atoms with Crippen molar-refractivity contribution in [3.63, 3.8) is 0 Å². The minimum atomic E-state index is -1.02. The zero-order chi connectivity index (χ0) is 44.4. The molecule has 1 aliphatic rings. The molecule has 11 nitrogen and oxygen atoms in total. The van der Waals surface area contributed by atoms with E-state index >= 15 is 0 Å². The van der Waals surface area contributed by atoms with Crippen LogP contribution in [0, 0.1) is 35.5 Å². The van der Waals surface area contributed by atoms with E-state index in [0.717, 1.165) is 37.8 Å². The van der Waals surface area contributed by atoms with Crippen molar-refractivity contribution >= 4 is 29.4 Å². The SMILES string of the molecule is CCCCCCCN(C)[C@H](C(=O)C[C@H](C(=O)N(C)[C@@H]([C@@H](C)CC)[C@@H](CC(=O)N1CCC[C@H]1[C@H](OC)[C@@H](C)C(=O)C[C@@H](Cc1ccccc1)C(=O)O)OC)C(C)C)C(C)C. The van der Waals surface area contributed by atoms with Gasteiger partial charge in [-0.25, -0.2) is 0 Å². The lowest BCUT2D eigenvalue weighted by Gasteiger charge is -2.41. The van der Waals surface area contributed by atoms with Crippen LogP contribution in [0.2, 0.25) is 0 Å². The van der Waals surface area contributed by atoms with Crippen molar-refractivity contribution in [2.75, 3.05) is 41.4 Å². The largest absolute Gasteiger partial charge is 0.481 e. The molecule has 0 aliphatic carbocycles. The highest BCUT2D eigenvalue weighted by atomic mass is 16.5. The molecule has 0 unspecified atom stereocenters. The lowest BCUT2D eigenvalue weighted by Crippen LogP contribution is -2.54. The molecular weight excluding hydrogens is 747 g/mol. The first-order valence-electron chi connectivity index (χ1n) is 22.6. The molecular formula is C48H81N3O8. The number of nitrogens with zero attached hydrogens (tertiary/aromatic N) is 3. The van der Waals surface area contributed by atoms with Crippen LogP contribution in [0.15, 0.2) is 30.3 Å². The van der Waals surface area contributed by atoms with Crippen LogP contribution >= 0.6 is 0 Å². The van der Waals surface area contributed by atoms with E-state index in [4.69, 9.17) is 9.47 Å². The molecule has 59 heavy (non-hydrogen) atoms. The molecule has 0 bridgehead atoms. The van der Waals surface area contributed by atoms with Gasteiger partial charge in [-0.05, 0) is 62.6 Å². The number of ketones is 2. The Hall–Kier alpha value is -3.15. The summed E-state index contributed by atoms with van der Waals surface area (Å²) in [6, 6.07) is 8.22. The predicted molar refractivity (Wildman–Crippen MR) is 235 cm³/mol. The molecule has 11 heteroatoms. The number of benzene rings is 1. The van der Waals surface area contributed by atoms with Crippen molar-refractivity contribution in [3.05, 3.63) is 35.9 Å². The van der Waals surface area contributed by atoms with E-state index in [0.29, 0.717) is 13.0 Å². The standard InChI is InChI=1S/C48H81N3O8/c1-13-15-16-17-21-26-49(9)44(33(5)6)41(53)30-38(32(3)4)47(55)50(10)45(34(7)14-2)42(58-11)31-43(54)51-27-22-25-39(51)46(59-12)35(8)40(52)29-37(48(56)57)28-36-23-19-18-20-24-36/h18-20,23-24,32-35,37-39,42,44-46H,13-17,21-22,25-31H2,1-12H3,(H,56,57)/t34-,35-,37+,38-,39-,42+,44-,45-,46+/m0/s1. The maximum atomic E-state index is 14.5. The lowest BCUT2D eigenvalue weighted by atomic mass is 9.83. The summed E-state index contributed by atoms with van der Waals surface area (Å²) < 4.78 is 12.0. The fourth-order valence-corrected chi connectivity index (χ4v) is 9.35. The number of carboxylic acids is 1. The summed E-state index contributed by atoms with van der Waals surface area (Å²) in [7, 11) is 6.93. The first kappa shape index (κ1) is 52.0. The Kier molecular flexibility index (Phi) is 23.1. The van der Waals surface area contributed by atoms with Gasteiger partial charge in [0.1, 0.15) is 5.78 Å². The number of ether oxygens (including phenoxy) is 2. The zero-order valence-corrected chi connectivity index (χ0v) is 38.8. The minimum Gasteiger partial charge on any atom is -0.481 e. The van der Waals surface area contributed by atoms with Gasteiger partial charge in [-0.3, -0.25) is 28.9 Å². The third kappa shape index (κ3) is 15.4. The van der Waals surface area contributed by atoms with Crippen molar-refractivity contribution in [2.45, 2.75) is 163 Å². The van der Waals surface area contributed by atoms with Crippen molar-refractivity contribution in [3.8, 4) is 0 Å². The second kappa shape index (κ2) is 26.2. The number of carbonyl (C=O) groups is 5. The van der Waals surface area contributed by atoms with Crippen LogP contribution in [0.5, 0.6) is 0 Å². The Bertz CT molecular complexity index is 1440. The van der Waals surface area contributed by atoms with Gasteiger partial charge in [-0.2, -0.15) is 0 Å². The highest BCUT2D eigenvalue weighted by Crippen LogP contribution is 2.32. The number of hydrogen-bond donors (Lipinski definition) is 1. The van der Waals surface area contributed by atoms with E-state index in [1.807, 2.05) is 51.2 Å². The Morgan fingerprint density at radius 3 is 2.02 bits per heavy atom. The zero-order valence-electron chi connectivity index (χ0n) is 38.8. The minimum absolute atomic E-state index is 0.00993. The van der Waals surface area contributed by atoms with Crippen LogP contribution in [-0.4, -0.2) is 121 Å². The molecule has 336 valence electrons. The second-order valence-corrected chi connectivity index (χ2v) is 18.1. The van der Waals surface area contributed by atoms with Crippen molar-refractivity contribution in [2.24, 2.45) is 35.5 Å². The number of likely N-dealkylation sites (N-methyl/N-ethyl adjacent to an activating group) is 2. The molecule has 2 amide bonds. The molecule has 0 radical (unpaired) electrons. The molecule has 1 fully saturated rings. The number of methoxy groups -OCH3 is 2. The van der Waals surface area contributed by atoms with E-state index in [-0.39, 0.29) is 78.9 Å². The third-order valence-corrected chi connectivity index (χ3v) is 13.1. The monoisotopic (exact) mass is 828 g/mol. The number of amides is 2. The average Bonchev–Trinajstić information content (AvgIpc) is 3.68. The summed E-state index contributed by atoms with van der Waals surface area (Å²) in [6.07, 6.45) is 6.99. The summed E-state index contributed by atoms with van der Waals surface area (Å²) in [5.74, 6) is -3.41. The van der Waals surface area contributed by atoms with Gasteiger partial charge in [0.2, 0.25) is 11.8 Å².